The summed E-state index contributed by atoms with van der Waals surface area (Å²) in [6.45, 7) is 0. The first-order valence-electron chi connectivity index (χ1n) is 9.53. The molecular weight excluding hydrogens is 412 g/mol. The van der Waals surface area contributed by atoms with Crippen molar-refractivity contribution in [1.82, 2.24) is 9.97 Å². The molecule has 1 fully saturated rings. The molecular formula is C23H16F4N2S. The van der Waals surface area contributed by atoms with Crippen molar-refractivity contribution in [3.8, 4) is 10.6 Å². The zero-order valence-corrected chi connectivity index (χ0v) is 16.5. The predicted molar refractivity (Wildman–Crippen MR) is 109 cm³/mol. The molecule has 0 N–H and O–H groups in total. The van der Waals surface area contributed by atoms with Crippen molar-refractivity contribution in [3.63, 3.8) is 0 Å². The van der Waals surface area contributed by atoms with Crippen LogP contribution in [0.3, 0.4) is 0 Å². The number of nitrogens with zero attached hydrogens (tertiary/aromatic N) is 2. The molecule has 0 spiro atoms. The summed E-state index contributed by atoms with van der Waals surface area (Å²) < 4.78 is 52.2. The van der Waals surface area contributed by atoms with Crippen LogP contribution < -0.4 is 0 Å². The van der Waals surface area contributed by atoms with Crippen molar-refractivity contribution in [3.05, 3.63) is 83.3 Å². The number of pyridine rings is 1. The van der Waals surface area contributed by atoms with Crippen molar-refractivity contribution in [2.45, 2.75) is 30.9 Å². The van der Waals surface area contributed by atoms with E-state index in [1.54, 1.807) is 0 Å². The third kappa shape index (κ3) is 3.47. The number of hydrogen-bond acceptors (Lipinski definition) is 3. The van der Waals surface area contributed by atoms with Crippen molar-refractivity contribution in [2.24, 2.45) is 0 Å². The zero-order chi connectivity index (χ0) is 20.9. The number of fused-ring (bicyclic) bond motifs is 1. The third-order valence-electron chi connectivity index (χ3n) is 5.49. The van der Waals surface area contributed by atoms with E-state index in [0.29, 0.717) is 15.4 Å². The highest BCUT2D eigenvalue weighted by Gasteiger charge is 2.47. The second-order valence-electron chi connectivity index (χ2n) is 7.59. The molecule has 0 amide bonds. The smallest absolute Gasteiger partial charge is 0.239 e. The lowest BCUT2D eigenvalue weighted by Gasteiger charge is -2.14. The molecule has 1 aliphatic rings. The SMILES string of the molecule is Fc1cc(CC(F)(F)F)ccc1-c1nc2ccc(C3(c4ccccc4)CC3)nc2s1. The van der Waals surface area contributed by atoms with E-state index in [4.69, 9.17) is 4.98 Å². The van der Waals surface area contributed by atoms with Gasteiger partial charge in [-0.3, -0.25) is 0 Å². The Balaban J connectivity index is 1.49. The fourth-order valence-electron chi connectivity index (χ4n) is 3.85. The van der Waals surface area contributed by atoms with Gasteiger partial charge in [0.25, 0.3) is 0 Å². The van der Waals surface area contributed by atoms with Gasteiger partial charge in [-0.05, 0) is 48.2 Å². The van der Waals surface area contributed by atoms with E-state index in [1.807, 2.05) is 30.3 Å². The zero-order valence-electron chi connectivity index (χ0n) is 15.7. The quantitative estimate of drug-likeness (QED) is 0.339. The van der Waals surface area contributed by atoms with E-state index < -0.39 is 18.4 Å². The Bertz CT molecular complexity index is 1230. The second kappa shape index (κ2) is 6.87. The molecule has 0 unspecified atom stereocenters. The van der Waals surface area contributed by atoms with Gasteiger partial charge in [0, 0.05) is 11.0 Å². The summed E-state index contributed by atoms with van der Waals surface area (Å²) >= 11 is 1.25. The van der Waals surface area contributed by atoms with Crippen LogP contribution in [0.1, 0.15) is 29.7 Å². The van der Waals surface area contributed by atoms with Crippen LogP contribution in [-0.2, 0) is 11.8 Å². The fourth-order valence-corrected chi connectivity index (χ4v) is 4.81. The predicted octanol–water partition coefficient (Wildman–Crippen LogP) is 6.68. The van der Waals surface area contributed by atoms with Gasteiger partial charge in [-0.15, -0.1) is 0 Å². The van der Waals surface area contributed by atoms with Crippen LogP contribution in [0.2, 0.25) is 0 Å². The molecule has 0 saturated heterocycles. The van der Waals surface area contributed by atoms with Crippen LogP contribution in [0.5, 0.6) is 0 Å². The van der Waals surface area contributed by atoms with Gasteiger partial charge in [-0.2, -0.15) is 13.2 Å². The summed E-state index contributed by atoms with van der Waals surface area (Å²) in [5.41, 5.74) is 2.86. The molecule has 2 aromatic heterocycles. The first-order valence-corrected chi connectivity index (χ1v) is 10.3. The molecule has 5 rings (SSSR count). The maximum Gasteiger partial charge on any atom is 0.393 e. The van der Waals surface area contributed by atoms with E-state index >= 15 is 0 Å². The number of rotatable bonds is 4. The summed E-state index contributed by atoms with van der Waals surface area (Å²) in [5, 5.41) is 0.412. The van der Waals surface area contributed by atoms with Gasteiger partial charge in [-0.1, -0.05) is 47.7 Å². The Morgan fingerprint density at radius 1 is 0.933 bits per heavy atom. The lowest BCUT2D eigenvalue weighted by molar-refractivity contribution is -0.127. The minimum absolute atomic E-state index is 0.0793. The van der Waals surface area contributed by atoms with Gasteiger partial charge in [-0.25, -0.2) is 14.4 Å². The summed E-state index contributed by atoms with van der Waals surface area (Å²) in [6, 6.07) is 17.7. The molecule has 0 radical (unpaired) electrons. The van der Waals surface area contributed by atoms with Gasteiger partial charge >= 0.3 is 6.18 Å². The summed E-state index contributed by atoms with van der Waals surface area (Å²) in [7, 11) is 0. The van der Waals surface area contributed by atoms with Crippen LogP contribution >= 0.6 is 11.3 Å². The number of benzene rings is 2. The average molecular weight is 428 g/mol. The Morgan fingerprint density at radius 3 is 2.37 bits per heavy atom. The Hall–Kier alpha value is -2.80. The Kier molecular flexibility index (Phi) is 4.39. The van der Waals surface area contributed by atoms with Crippen molar-refractivity contribution < 1.29 is 17.6 Å². The molecule has 2 heterocycles. The topological polar surface area (TPSA) is 25.8 Å². The monoisotopic (exact) mass is 428 g/mol. The van der Waals surface area contributed by atoms with Crippen molar-refractivity contribution in [2.75, 3.05) is 0 Å². The van der Waals surface area contributed by atoms with E-state index in [9.17, 15) is 17.6 Å². The molecule has 0 aliphatic heterocycles. The minimum Gasteiger partial charge on any atom is -0.239 e. The maximum absolute atomic E-state index is 14.5. The summed E-state index contributed by atoms with van der Waals surface area (Å²) in [5.74, 6) is -0.709. The van der Waals surface area contributed by atoms with Crippen molar-refractivity contribution in [1.29, 1.82) is 0 Å². The van der Waals surface area contributed by atoms with Crippen LogP contribution in [0.15, 0.2) is 60.7 Å². The first-order chi connectivity index (χ1) is 14.3. The number of alkyl halides is 3. The molecule has 0 atom stereocenters. The highest BCUT2D eigenvalue weighted by atomic mass is 32.1. The highest BCUT2D eigenvalue weighted by molar-refractivity contribution is 7.21. The second-order valence-corrected chi connectivity index (χ2v) is 8.57. The molecule has 4 aromatic rings. The van der Waals surface area contributed by atoms with Crippen LogP contribution in [-0.4, -0.2) is 16.1 Å². The molecule has 2 aromatic carbocycles. The fraction of sp³-hybridized carbons (Fsp3) is 0.217. The molecule has 30 heavy (non-hydrogen) atoms. The van der Waals surface area contributed by atoms with Gasteiger partial charge in [0.05, 0.1) is 12.1 Å². The van der Waals surface area contributed by atoms with Gasteiger partial charge in [0.2, 0.25) is 0 Å². The molecule has 152 valence electrons. The van der Waals surface area contributed by atoms with Crippen LogP contribution in [0.4, 0.5) is 17.6 Å². The molecule has 7 heteroatoms. The average Bonchev–Trinajstić information content (AvgIpc) is 3.41. The van der Waals surface area contributed by atoms with Gasteiger partial charge < -0.3 is 0 Å². The molecule has 1 saturated carbocycles. The van der Waals surface area contributed by atoms with Crippen LogP contribution in [0, 0.1) is 5.82 Å². The minimum atomic E-state index is -4.37. The van der Waals surface area contributed by atoms with E-state index in [2.05, 4.69) is 17.1 Å². The summed E-state index contributed by atoms with van der Waals surface area (Å²) in [4.78, 5) is 9.97. The number of halogens is 4. The van der Waals surface area contributed by atoms with E-state index in [1.165, 1.54) is 29.0 Å². The molecule has 2 nitrogen and oxygen atoms in total. The first kappa shape index (κ1) is 19.2. The normalized spacial score (nSPS) is 15.5. The Morgan fingerprint density at radius 2 is 1.70 bits per heavy atom. The number of aromatic nitrogens is 2. The largest absolute Gasteiger partial charge is 0.393 e. The van der Waals surface area contributed by atoms with Gasteiger partial charge in [0.15, 0.2) is 0 Å². The highest BCUT2D eigenvalue weighted by Crippen LogP contribution is 2.53. The molecule has 0 bridgehead atoms. The lowest BCUT2D eigenvalue weighted by atomic mass is 9.92. The maximum atomic E-state index is 14.5. The number of thiazole rings is 1. The van der Waals surface area contributed by atoms with Crippen LogP contribution in [0.25, 0.3) is 20.9 Å². The standard InChI is InChI=1S/C23H16F4N2S/c24-17-12-14(13-23(25,26)27)6-7-16(17)20-28-18-8-9-19(29-21(18)30-20)22(10-11-22)15-4-2-1-3-5-15/h1-9,12H,10-11,13H2. The molecule has 1 aliphatic carbocycles. The Labute approximate surface area is 174 Å². The van der Waals surface area contributed by atoms with Gasteiger partial charge in [0.1, 0.15) is 21.2 Å². The number of hydrogen-bond donors (Lipinski definition) is 0. The van der Waals surface area contributed by atoms with E-state index in [0.717, 1.165) is 24.6 Å². The van der Waals surface area contributed by atoms with E-state index in [-0.39, 0.29) is 16.5 Å². The third-order valence-corrected chi connectivity index (χ3v) is 6.49. The lowest BCUT2D eigenvalue weighted by Crippen LogP contribution is -2.11. The summed E-state index contributed by atoms with van der Waals surface area (Å²) in [6.07, 6.45) is -3.48. The van der Waals surface area contributed by atoms with Crippen molar-refractivity contribution >= 4 is 21.7 Å².